The Hall–Kier alpha value is -1.96. The molecule has 0 atom stereocenters. The van der Waals surface area contributed by atoms with Crippen molar-refractivity contribution in [2.45, 2.75) is 38.0 Å². The van der Waals surface area contributed by atoms with Gasteiger partial charge in [0, 0.05) is 16.3 Å². The van der Waals surface area contributed by atoms with Crippen LogP contribution in [-0.2, 0) is 0 Å². The minimum Gasteiger partial charge on any atom is -0.506 e. The second-order valence-electron chi connectivity index (χ2n) is 5.96. The molecule has 2 N–H and O–H groups in total. The highest BCUT2D eigenvalue weighted by atomic mass is 16.3. The number of hydrogen-bond acceptors (Lipinski definition) is 1. The van der Waals surface area contributed by atoms with Crippen LogP contribution in [0.1, 0.15) is 43.6 Å². The number of H-pyrrole nitrogens is 1. The van der Waals surface area contributed by atoms with Crippen LogP contribution >= 0.6 is 0 Å². The Morgan fingerprint density at radius 1 is 0.950 bits per heavy atom. The van der Waals surface area contributed by atoms with E-state index in [4.69, 9.17) is 0 Å². The summed E-state index contributed by atoms with van der Waals surface area (Å²) in [5.74, 6) is 1.05. The fourth-order valence-corrected chi connectivity index (χ4v) is 3.61. The van der Waals surface area contributed by atoms with E-state index in [0.29, 0.717) is 5.75 Å². The molecule has 1 saturated carbocycles. The zero-order valence-corrected chi connectivity index (χ0v) is 11.5. The monoisotopic (exact) mass is 265 g/mol. The maximum absolute atomic E-state index is 9.96. The fraction of sp³-hybridized carbons (Fsp3) is 0.333. The van der Waals surface area contributed by atoms with Gasteiger partial charge < -0.3 is 10.1 Å². The SMILES string of the molecule is Oc1cccc2c1[nH]c1ccc(C3CCCCC3)cc12. The molecule has 0 bridgehead atoms. The van der Waals surface area contributed by atoms with Gasteiger partial charge in [-0.25, -0.2) is 0 Å². The van der Waals surface area contributed by atoms with E-state index in [9.17, 15) is 5.11 Å². The van der Waals surface area contributed by atoms with E-state index < -0.39 is 0 Å². The number of fused-ring (bicyclic) bond motifs is 3. The number of aromatic nitrogens is 1. The molecule has 0 amide bonds. The van der Waals surface area contributed by atoms with Crippen LogP contribution < -0.4 is 0 Å². The Morgan fingerprint density at radius 2 is 1.80 bits per heavy atom. The summed E-state index contributed by atoms with van der Waals surface area (Å²) in [6.07, 6.45) is 6.74. The van der Waals surface area contributed by atoms with Gasteiger partial charge in [0.05, 0.1) is 5.52 Å². The first-order valence-electron chi connectivity index (χ1n) is 7.56. The summed E-state index contributed by atoms with van der Waals surface area (Å²) in [5, 5.41) is 12.3. The Balaban J connectivity index is 1.89. The molecular weight excluding hydrogens is 246 g/mol. The van der Waals surface area contributed by atoms with Crippen LogP contribution in [0.2, 0.25) is 0 Å². The van der Waals surface area contributed by atoms with Gasteiger partial charge in [0.2, 0.25) is 0 Å². The molecule has 2 nitrogen and oxygen atoms in total. The first-order chi connectivity index (χ1) is 9.83. The lowest BCUT2D eigenvalue weighted by Crippen LogP contribution is -2.04. The lowest BCUT2D eigenvalue weighted by molar-refractivity contribution is 0.444. The van der Waals surface area contributed by atoms with Crippen molar-refractivity contribution in [2.75, 3.05) is 0 Å². The van der Waals surface area contributed by atoms with Crippen LogP contribution in [0.15, 0.2) is 36.4 Å². The maximum Gasteiger partial charge on any atom is 0.139 e. The van der Waals surface area contributed by atoms with E-state index in [-0.39, 0.29) is 0 Å². The molecule has 1 fully saturated rings. The number of hydrogen-bond donors (Lipinski definition) is 2. The molecule has 3 aromatic rings. The maximum atomic E-state index is 9.96. The predicted octanol–water partition coefficient (Wildman–Crippen LogP) is 5.07. The standard InChI is InChI=1S/C18H19NO/c20-17-8-4-7-14-15-11-13(12-5-2-1-3-6-12)9-10-16(15)19-18(14)17/h4,7-12,19-20H,1-3,5-6H2. The highest BCUT2D eigenvalue weighted by molar-refractivity contribution is 6.09. The van der Waals surface area contributed by atoms with Gasteiger partial charge in [-0.2, -0.15) is 0 Å². The van der Waals surface area contributed by atoms with Crippen LogP contribution in [0.5, 0.6) is 5.75 Å². The molecule has 0 aliphatic heterocycles. The van der Waals surface area contributed by atoms with Gasteiger partial charge in [0.25, 0.3) is 0 Å². The number of aromatic hydroxyl groups is 1. The van der Waals surface area contributed by atoms with Crippen LogP contribution in [0, 0.1) is 0 Å². The Labute approximate surface area is 118 Å². The van der Waals surface area contributed by atoms with E-state index in [1.807, 2.05) is 6.07 Å². The molecule has 0 unspecified atom stereocenters. The smallest absolute Gasteiger partial charge is 0.139 e. The van der Waals surface area contributed by atoms with Crippen molar-refractivity contribution in [3.63, 3.8) is 0 Å². The van der Waals surface area contributed by atoms with Gasteiger partial charge >= 0.3 is 0 Å². The zero-order valence-electron chi connectivity index (χ0n) is 11.5. The van der Waals surface area contributed by atoms with Crippen LogP contribution in [0.4, 0.5) is 0 Å². The molecule has 1 heterocycles. The highest BCUT2D eigenvalue weighted by Crippen LogP contribution is 2.36. The fourth-order valence-electron chi connectivity index (χ4n) is 3.61. The number of phenolic OH excluding ortho intramolecular Hbond substituents is 1. The topological polar surface area (TPSA) is 36.0 Å². The van der Waals surface area contributed by atoms with Gasteiger partial charge in [-0.3, -0.25) is 0 Å². The summed E-state index contributed by atoms with van der Waals surface area (Å²) in [7, 11) is 0. The van der Waals surface area contributed by atoms with E-state index in [1.165, 1.54) is 43.1 Å². The normalized spacial score (nSPS) is 17.0. The number of para-hydroxylation sites is 1. The third-order valence-electron chi connectivity index (χ3n) is 4.71. The van der Waals surface area contributed by atoms with Crippen LogP contribution in [-0.4, -0.2) is 10.1 Å². The molecule has 1 aliphatic rings. The molecule has 0 saturated heterocycles. The first kappa shape index (κ1) is 11.8. The molecule has 2 aromatic carbocycles. The van der Waals surface area contributed by atoms with Crippen molar-refractivity contribution < 1.29 is 5.11 Å². The Bertz CT molecular complexity index is 766. The van der Waals surface area contributed by atoms with E-state index in [1.54, 1.807) is 6.07 Å². The summed E-state index contributed by atoms with van der Waals surface area (Å²) in [6.45, 7) is 0. The number of nitrogens with one attached hydrogen (secondary N) is 1. The highest BCUT2D eigenvalue weighted by Gasteiger charge is 2.16. The summed E-state index contributed by atoms with van der Waals surface area (Å²) in [5.41, 5.74) is 3.42. The van der Waals surface area contributed by atoms with Crippen molar-refractivity contribution in [2.24, 2.45) is 0 Å². The minimum atomic E-state index is 0.331. The van der Waals surface area contributed by atoms with Crippen molar-refractivity contribution in [1.29, 1.82) is 0 Å². The number of phenols is 1. The van der Waals surface area contributed by atoms with Crippen molar-refractivity contribution in [3.05, 3.63) is 42.0 Å². The van der Waals surface area contributed by atoms with E-state index >= 15 is 0 Å². The quantitative estimate of drug-likeness (QED) is 0.632. The molecule has 4 rings (SSSR count). The lowest BCUT2D eigenvalue weighted by Gasteiger charge is -2.22. The summed E-state index contributed by atoms with van der Waals surface area (Å²) in [4.78, 5) is 3.33. The third-order valence-corrected chi connectivity index (χ3v) is 4.71. The van der Waals surface area contributed by atoms with Crippen molar-refractivity contribution in [1.82, 2.24) is 4.98 Å². The van der Waals surface area contributed by atoms with Gasteiger partial charge in [-0.05, 0) is 42.5 Å². The van der Waals surface area contributed by atoms with Gasteiger partial charge in [-0.15, -0.1) is 0 Å². The first-order valence-corrected chi connectivity index (χ1v) is 7.56. The molecular formula is C18H19NO. The summed E-state index contributed by atoms with van der Waals surface area (Å²) < 4.78 is 0. The average Bonchev–Trinajstić information content (AvgIpc) is 2.88. The zero-order chi connectivity index (χ0) is 13.5. The van der Waals surface area contributed by atoms with E-state index in [2.05, 4.69) is 29.2 Å². The second-order valence-corrected chi connectivity index (χ2v) is 5.96. The summed E-state index contributed by atoms with van der Waals surface area (Å²) >= 11 is 0. The van der Waals surface area contributed by atoms with Crippen molar-refractivity contribution >= 4 is 21.8 Å². The lowest BCUT2D eigenvalue weighted by atomic mass is 9.84. The summed E-state index contributed by atoms with van der Waals surface area (Å²) in [6, 6.07) is 12.5. The van der Waals surface area contributed by atoms with Crippen LogP contribution in [0.25, 0.3) is 21.8 Å². The average molecular weight is 265 g/mol. The van der Waals surface area contributed by atoms with Crippen LogP contribution in [0.3, 0.4) is 0 Å². The third kappa shape index (κ3) is 1.79. The molecule has 20 heavy (non-hydrogen) atoms. The molecule has 1 aliphatic carbocycles. The van der Waals surface area contributed by atoms with E-state index in [0.717, 1.165) is 22.3 Å². The van der Waals surface area contributed by atoms with Gasteiger partial charge in [0.15, 0.2) is 0 Å². The van der Waals surface area contributed by atoms with Gasteiger partial charge in [0.1, 0.15) is 5.75 Å². The number of rotatable bonds is 1. The molecule has 0 radical (unpaired) electrons. The minimum absolute atomic E-state index is 0.331. The van der Waals surface area contributed by atoms with Crippen molar-refractivity contribution in [3.8, 4) is 5.75 Å². The van der Waals surface area contributed by atoms with Gasteiger partial charge in [-0.1, -0.05) is 37.5 Å². The number of benzene rings is 2. The predicted molar refractivity (Wildman–Crippen MR) is 83.3 cm³/mol. The molecule has 1 aromatic heterocycles. The molecule has 2 heteroatoms. The second kappa shape index (κ2) is 4.55. The largest absolute Gasteiger partial charge is 0.506 e. The Morgan fingerprint density at radius 3 is 2.65 bits per heavy atom. The molecule has 0 spiro atoms. The number of aromatic amines is 1. The Kier molecular flexibility index (Phi) is 2.69. The molecule has 102 valence electrons.